The summed E-state index contributed by atoms with van der Waals surface area (Å²) >= 11 is 15.2. The molecule has 3 rings (SSSR count). The predicted octanol–water partition coefficient (Wildman–Crippen LogP) is 5.56. The monoisotopic (exact) mass is 406 g/mol. The number of ether oxygens (including phenoxy) is 1. The first-order chi connectivity index (χ1) is 8.65. The van der Waals surface area contributed by atoms with Gasteiger partial charge in [0.25, 0.3) is 0 Å². The quantitative estimate of drug-likeness (QED) is 0.592. The molecule has 0 N–H and O–H groups in total. The lowest BCUT2D eigenvalue weighted by Gasteiger charge is -2.15. The van der Waals surface area contributed by atoms with Crippen LogP contribution in [0.4, 0.5) is 0 Å². The molecule has 18 heavy (non-hydrogen) atoms. The SMILES string of the molecule is ClC(c1cc(Br)c(Br)s1)C1Cc2ccccc2O1. The van der Waals surface area contributed by atoms with Crippen molar-refractivity contribution in [2.24, 2.45) is 0 Å². The molecule has 2 atom stereocenters. The summed E-state index contributed by atoms with van der Waals surface area (Å²) in [5, 5.41) is -0.120. The van der Waals surface area contributed by atoms with Crippen molar-refractivity contribution in [1.82, 2.24) is 0 Å². The van der Waals surface area contributed by atoms with E-state index in [9.17, 15) is 0 Å². The Morgan fingerprint density at radius 3 is 2.78 bits per heavy atom. The standard InChI is InChI=1S/C13H9Br2ClOS/c14-8-6-11(18-13(8)15)12(16)10-5-7-3-1-2-4-9(7)17-10/h1-4,6,10,12H,5H2. The molecule has 0 amide bonds. The molecule has 94 valence electrons. The van der Waals surface area contributed by atoms with Crippen molar-refractivity contribution in [2.45, 2.75) is 17.9 Å². The van der Waals surface area contributed by atoms with Gasteiger partial charge in [0.05, 0.1) is 3.79 Å². The summed E-state index contributed by atoms with van der Waals surface area (Å²) in [5.74, 6) is 0.961. The van der Waals surface area contributed by atoms with E-state index in [0.717, 1.165) is 25.3 Å². The Hall–Kier alpha value is -0.0300. The molecule has 1 aromatic heterocycles. The van der Waals surface area contributed by atoms with Crippen LogP contribution in [0, 0.1) is 0 Å². The summed E-state index contributed by atoms with van der Waals surface area (Å²) < 4.78 is 8.03. The van der Waals surface area contributed by atoms with Crippen LogP contribution in [0.25, 0.3) is 0 Å². The molecule has 0 bridgehead atoms. The third kappa shape index (κ3) is 2.36. The van der Waals surface area contributed by atoms with Gasteiger partial charge in [-0.3, -0.25) is 0 Å². The second-order valence-corrected chi connectivity index (χ2v) is 7.87. The minimum absolute atomic E-state index is 0.0153. The fourth-order valence-electron chi connectivity index (χ4n) is 2.05. The Morgan fingerprint density at radius 1 is 1.33 bits per heavy atom. The lowest BCUT2D eigenvalue weighted by Crippen LogP contribution is -2.18. The molecule has 5 heteroatoms. The third-order valence-electron chi connectivity index (χ3n) is 2.93. The van der Waals surface area contributed by atoms with Crippen molar-refractivity contribution in [3.63, 3.8) is 0 Å². The zero-order valence-electron chi connectivity index (χ0n) is 9.20. The molecule has 0 spiro atoms. The molecular weight excluding hydrogens is 399 g/mol. The smallest absolute Gasteiger partial charge is 0.124 e. The Morgan fingerprint density at radius 2 is 2.11 bits per heavy atom. The van der Waals surface area contributed by atoms with Crippen molar-refractivity contribution >= 4 is 54.8 Å². The van der Waals surface area contributed by atoms with Crippen LogP contribution in [0.1, 0.15) is 15.8 Å². The highest BCUT2D eigenvalue weighted by Crippen LogP contribution is 2.42. The minimum atomic E-state index is -0.120. The van der Waals surface area contributed by atoms with Crippen LogP contribution < -0.4 is 4.74 Å². The topological polar surface area (TPSA) is 9.23 Å². The number of alkyl halides is 1. The molecule has 0 saturated carbocycles. The third-order valence-corrected chi connectivity index (χ3v) is 6.92. The van der Waals surface area contributed by atoms with Crippen molar-refractivity contribution in [1.29, 1.82) is 0 Å². The maximum absolute atomic E-state index is 6.53. The largest absolute Gasteiger partial charge is 0.488 e. The first kappa shape index (κ1) is 13.0. The molecule has 2 aromatic rings. The van der Waals surface area contributed by atoms with Gasteiger partial charge in [-0.05, 0) is 49.6 Å². The first-order valence-electron chi connectivity index (χ1n) is 5.48. The maximum Gasteiger partial charge on any atom is 0.124 e. The number of fused-ring (bicyclic) bond motifs is 1. The van der Waals surface area contributed by atoms with Gasteiger partial charge in [-0.15, -0.1) is 22.9 Å². The van der Waals surface area contributed by atoms with Gasteiger partial charge in [-0.2, -0.15) is 0 Å². The molecule has 0 aliphatic carbocycles. The molecule has 0 radical (unpaired) electrons. The van der Waals surface area contributed by atoms with E-state index >= 15 is 0 Å². The van der Waals surface area contributed by atoms with E-state index in [1.54, 1.807) is 11.3 Å². The highest BCUT2D eigenvalue weighted by atomic mass is 79.9. The van der Waals surface area contributed by atoms with Gasteiger partial charge >= 0.3 is 0 Å². The van der Waals surface area contributed by atoms with Crippen LogP contribution in [0.15, 0.2) is 38.6 Å². The summed E-state index contributed by atoms with van der Waals surface area (Å²) in [4.78, 5) is 1.12. The van der Waals surface area contributed by atoms with Gasteiger partial charge in [0.1, 0.15) is 17.2 Å². The van der Waals surface area contributed by atoms with Crippen molar-refractivity contribution in [2.75, 3.05) is 0 Å². The number of hydrogen-bond acceptors (Lipinski definition) is 2. The van der Waals surface area contributed by atoms with Crippen LogP contribution in [-0.2, 0) is 6.42 Å². The number of para-hydroxylation sites is 1. The Bertz CT molecular complexity index is 540. The van der Waals surface area contributed by atoms with Crippen molar-refractivity contribution in [3.8, 4) is 5.75 Å². The van der Waals surface area contributed by atoms with Crippen molar-refractivity contribution < 1.29 is 4.74 Å². The van der Waals surface area contributed by atoms with E-state index in [1.165, 1.54) is 5.56 Å². The van der Waals surface area contributed by atoms with Gasteiger partial charge < -0.3 is 4.74 Å². The first-order valence-corrected chi connectivity index (χ1v) is 8.32. The number of rotatable bonds is 2. The van der Waals surface area contributed by atoms with E-state index in [-0.39, 0.29) is 11.5 Å². The molecule has 1 aromatic carbocycles. The number of halogens is 3. The van der Waals surface area contributed by atoms with E-state index in [1.807, 2.05) is 18.2 Å². The Balaban J connectivity index is 1.82. The van der Waals surface area contributed by atoms with Crippen LogP contribution in [-0.4, -0.2) is 6.10 Å². The number of benzene rings is 1. The molecule has 1 nitrogen and oxygen atoms in total. The summed E-state index contributed by atoms with van der Waals surface area (Å²) in [6, 6.07) is 10.2. The van der Waals surface area contributed by atoms with E-state index in [2.05, 4.69) is 44.0 Å². The van der Waals surface area contributed by atoms with E-state index in [0.29, 0.717) is 0 Å². The predicted molar refractivity (Wildman–Crippen MR) is 82.9 cm³/mol. The van der Waals surface area contributed by atoms with Gasteiger partial charge in [0.15, 0.2) is 0 Å². The van der Waals surface area contributed by atoms with Gasteiger partial charge in [-0.1, -0.05) is 18.2 Å². The molecule has 2 heterocycles. The summed E-state index contributed by atoms with van der Waals surface area (Å²) in [6.07, 6.45) is 0.888. The van der Waals surface area contributed by atoms with Gasteiger partial charge in [-0.25, -0.2) is 0 Å². The lowest BCUT2D eigenvalue weighted by molar-refractivity contribution is 0.228. The fraction of sp³-hybridized carbons (Fsp3) is 0.231. The van der Waals surface area contributed by atoms with Crippen molar-refractivity contribution in [3.05, 3.63) is 49.0 Å². The van der Waals surface area contributed by atoms with Crippen LogP contribution in [0.3, 0.4) is 0 Å². The number of thiophene rings is 1. The molecule has 1 aliphatic heterocycles. The summed E-state index contributed by atoms with van der Waals surface area (Å²) in [5.41, 5.74) is 1.24. The molecular formula is C13H9Br2ClOS. The van der Waals surface area contributed by atoms with Crippen LogP contribution in [0.5, 0.6) is 5.75 Å². The average Bonchev–Trinajstić information content (AvgIpc) is 2.93. The zero-order chi connectivity index (χ0) is 12.7. The molecule has 1 aliphatic rings. The minimum Gasteiger partial charge on any atom is -0.488 e. The molecule has 0 fully saturated rings. The average molecular weight is 409 g/mol. The van der Waals surface area contributed by atoms with Crippen LogP contribution in [0.2, 0.25) is 0 Å². The second kappa shape index (κ2) is 5.16. The zero-order valence-corrected chi connectivity index (χ0v) is 13.9. The van der Waals surface area contributed by atoms with Crippen LogP contribution >= 0.6 is 54.8 Å². The molecule has 2 unspecified atom stereocenters. The highest BCUT2D eigenvalue weighted by molar-refractivity contribution is 9.13. The summed E-state index contributed by atoms with van der Waals surface area (Å²) in [6.45, 7) is 0. The lowest BCUT2D eigenvalue weighted by atomic mass is 10.1. The van der Waals surface area contributed by atoms with Gasteiger partial charge in [0, 0.05) is 15.8 Å². The fourth-order valence-corrected chi connectivity index (χ4v) is 4.51. The van der Waals surface area contributed by atoms with E-state index < -0.39 is 0 Å². The summed E-state index contributed by atoms with van der Waals surface area (Å²) in [7, 11) is 0. The molecule has 0 saturated heterocycles. The normalized spacial score (nSPS) is 19.4. The number of hydrogen-bond donors (Lipinski definition) is 0. The maximum atomic E-state index is 6.53. The second-order valence-electron chi connectivity index (χ2n) is 4.14. The Labute approximate surface area is 131 Å². The highest BCUT2D eigenvalue weighted by Gasteiger charge is 2.31. The Kier molecular flexibility index (Phi) is 3.72. The van der Waals surface area contributed by atoms with E-state index in [4.69, 9.17) is 16.3 Å². The van der Waals surface area contributed by atoms with Gasteiger partial charge in [0.2, 0.25) is 0 Å².